The van der Waals surface area contributed by atoms with E-state index in [-0.39, 0.29) is 5.56 Å². The lowest BCUT2D eigenvalue weighted by Gasteiger charge is -2.12. The molecule has 0 atom stereocenters. The first-order valence-electron chi connectivity index (χ1n) is 5.51. The lowest BCUT2D eigenvalue weighted by molar-refractivity contribution is 0.0693. The van der Waals surface area contributed by atoms with Crippen molar-refractivity contribution >= 4 is 28.5 Å². The molecule has 94 valence electrons. The average molecular weight is 266 g/mol. The van der Waals surface area contributed by atoms with E-state index in [0.717, 1.165) is 5.39 Å². The number of nitrogens with zero attached hydrogens (tertiary/aromatic N) is 1. The van der Waals surface area contributed by atoms with Crippen molar-refractivity contribution in [3.8, 4) is 0 Å². The van der Waals surface area contributed by atoms with E-state index < -0.39 is 11.5 Å². The Kier molecular flexibility index (Phi) is 3.13. The van der Waals surface area contributed by atoms with Crippen LogP contribution in [0.4, 0.5) is 0 Å². The quantitative estimate of drug-likeness (QED) is 0.907. The minimum absolute atomic E-state index is 0.158. The van der Waals surface area contributed by atoms with Crippen molar-refractivity contribution in [1.29, 1.82) is 0 Å². The third-order valence-electron chi connectivity index (χ3n) is 3.03. The van der Waals surface area contributed by atoms with Crippen LogP contribution in [0.2, 0.25) is 5.02 Å². The first-order valence-corrected chi connectivity index (χ1v) is 5.89. The molecule has 1 N–H and O–H groups in total. The molecular weight excluding hydrogens is 254 g/mol. The van der Waals surface area contributed by atoms with Crippen LogP contribution in [0.15, 0.2) is 23.0 Å². The number of hydrogen-bond acceptors (Lipinski definition) is 2. The molecule has 2 rings (SSSR count). The Bertz CT molecular complexity index is 703. The van der Waals surface area contributed by atoms with Gasteiger partial charge in [-0.2, -0.15) is 0 Å². The number of benzene rings is 1. The maximum absolute atomic E-state index is 12.1. The van der Waals surface area contributed by atoms with Crippen LogP contribution in [0.25, 0.3) is 10.9 Å². The van der Waals surface area contributed by atoms with Gasteiger partial charge in [0.2, 0.25) is 0 Å². The van der Waals surface area contributed by atoms with Crippen LogP contribution >= 0.6 is 11.6 Å². The summed E-state index contributed by atoms with van der Waals surface area (Å²) >= 11 is 5.91. The van der Waals surface area contributed by atoms with Gasteiger partial charge in [-0.25, -0.2) is 4.79 Å². The Morgan fingerprint density at radius 2 is 2.11 bits per heavy atom. The highest BCUT2D eigenvalue weighted by molar-refractivity contribution is 6.31. The number of rotatable bonds is 2. The number of halogens is 1. The van der Waals surface area contributed by atoms with E-state index in [4.69, 9.17) is 11.6 Å². The molecule has 2 aromatic rings. The molecule has 0 fully saturated rings. The fraction of sp³-hybridized carbons (Fsp3) is 0.231. The number of hydrogen-bond donors (Lipinski definition) is 1. The maximum Gasteiger partial charge on any atom is 0.341 e. The largest absolute Gasteiger partial charge is 0.477 e. The third kappa shape index (κ3) is 1.78. The molecule has 0 saturated heterocycles. The maximum atomic E-state index is 12.1. The average Bonchev–Trinajstić information content (AvgIpc) is 2.33. The molecule has 0 aliphatic heterocycles. The SMILES string of the molecule is CCc1c(C(=O)O)c(=O)n(C)c2cc(Cl)ccc12. The molecule has 1 aromatic carbocycles. The molecule has 0 radical (unpaired) electrons. The fourth-order valence-electron chi connectivity index (χ4n) is 2.17. The zero-order valence-corrected chi connectivity index (χ0v) is 10.8. The minimum atomic E-state index is -1.19. The summed E-state index contributed by atoms with van der Waals surface area (Å²) in [5.41, 5.74) is 0.538. The van der Waals surface area contributed by atoms with Gasteiger partial charge in [0.05, 0.1) is 5.52 Å². The van der Waals surface area contributed by atoms with Gasteiger partial charge in [-0.1, -0.05) is 24.6 Å². The van der Waals surface area contributed by atoms with Gasteiger partial charge in [0.1, 0.15) is 5.56 Å². The van der Waals surface area contributed by atoms with Crippen LogP contribution in [0.3, 0.4) is 0 Å². The van der Waals surface area contributed by atoms with E-state index >= 15 is 0 Å². The smallest absolute Gasteiger partial charge is 0.341 e. The summed E-state index contributed by atoms with van der Waals surface area (Å²) in [6, 6.07) is 5.12. The van der Waals surface area contributed by atoms with E-state index in [9.17, 15) is 14.7 Å². The molecular formula is C13H12ClNO3. The summed E-state index contributed by atoms with van der Waals surface area (Å²) in [6.45, 7) is 1.83. The summed E-state index contributed by atoms with van der Waals surface area (Å²) < 4.78 is 1.32. The molecule has 18 heavy (non-hydrogen) atoms. The van der Waals surface area contributed by atoms with Gasteiger partial charge < -0.3 is 9.67 Å². The number of carboxylic acids is 1. The second kappa shape index (κ2) is 4.46. The molecule has 4 nitrogen and oxygen atoms in total. The fourth-order valence-corrected chi connectivity index (χ4v) is 2.33. The number of aryl methyl sites for hydroxylation is 2. The van der Waals surface area contributed by atoms with E-state index in [1.165, 1.54) is 4.57 Å². The van der Waals surface area contributed by atoms with Crippen molar-refractivity contribution in [2.45, 2.75) is 13.3 Å². The predicted molar refractivity (Wildman–Crippen MR) is 70.5 cm³/mol. The summed E-state index contributed by atoms with van der Waals surface area (Å²) in [7, 11) is 1.55. The molecule has 0 spiro atoms. The van der Waals surface area contributed by atoms with Crippen LogP contribution in [0.5, 0.6) is 0 Å². The van der Waals surface area contributed by atoms with Crippen LogP contribution in [-0.2, 0) is 13.5 Å². The standard InChI is InChI=1S/C13H12ClNO3/c1-3-8-9-5-4-7(14)6-10(9)15(2)12(16)11(8)13(17)18/h4-6H,3H2,1-2H3,(H,17,18). The van der Waals surface area contributed by atoms with Crippen molar-refractivity contribution in [2.75, 3.05) is 0 Å². The first kappa shape index (κ1) is 12.6. The van der Waals surface area contributed by atoms with Crippen molar-refractivity contribution in [3.05, 3.63) is 44.7 Å². The van der Waals surface area contributed by atoms with Gasteiger partial charge >= 0.3 is 5.97 Å². The van der Waals surface area contributed by atoms with Crippen molar-refractivity contribution in [2.24, 2.45) is 7.05 Å². The minimum Gasteiger partial charge on any atom is -0.477 e. The number of aromatic carboxylic acids is 1. The highest BCUT2D eigenvalue weighted by atomic mass is 35.5. The number of pyridine rings is 1. The highest BCUT2D eigenvalue weighted by Crippen LogP contribution is 2.23. The number of carboxylic acid groups (broad SMARTS) is 1. The Balaban J connectivity index is 3.06. The predicted octanol–water partition coefficient (Wildman–Crippen LogP) is 2.45. The molecule has 0 bridgehead atoms. The summed E-state index contributed by atoms with van der Waals surface area (Å²) in [4.78, 5) is 23.3. The molecule has 1 heterocycles. The lowest BCUT2D eigenvalue weighted by Crippen LogP contribution is -2.26. The van der Waals surface area contributed by atoms with E-state index in [1.807, 2.05) is 6.92 Å². The van der Waals surface area contributed by atoms with Gasteiger partial charge in [-0.15, -0.1) is 0 Å². The highest BCUT2D eigenvalue weighted by Gasteiger charge is 2.19. The Hall–Kier alpha value is -1.81. The summed E-state index contributed by atoms with van der Waals surface area (Å²) in [6.07, 6.45) is 0.482. The van der Waals surface area contributed by atoms with Gasteiger partial charge in [0.15, 0.2) is 0 Å². The molecule has 1 aromatic heterocycles. The second-order valence-corrected chi connectivity index (χ2v) is 4.47. The van der Waals surface area contributed by atoms with Gasteiger partial charge in [-0.3, -0.25) is 4.79 Å². The van der Waals surface area contributed by atoms with E-state index in [2.05, 4.69) is 0 Å². The molecule has 0 aliphatic rings. The van der Waals surface area contributed by atoms with Crippen LogP contribution in [0, 0.1) is 0 Å². The van der Waals surface area contributed by atoms with Crippen molar-refractivity contribution < 1.29 is 9.90 Å². The van der Waals surface area contributed by atoms with Crippen molar-refractivity contribution in [3.63, 3.8) is 0 Å². The van der Waals surface area contributed by atoms with E-state index in [1.54, 1.807) is 25.2 Å². The molecule has 0 unspecified atom stereocenters. The molecule has 5 heteroatoms. The van der Waals surface area contributed by atoms with Gasteiger partial charge in [0.25, 0.3) is 5.56 Å². The number of aromatic nitrogens is 1. The monoisotopic (exact) mass is 265 g/mol. The lowest BCUT2D eigenvalue weighted by atomic mass is 10.0. The van der Waals surface area contributed by atoms with Crippen LogP contribution < -0.4 is 5.56 Å². The topological polar surface area (TPSA) is 59.3 Å². The molecule has 0 aliphatic carbocycles. The van der Waals surface area contributed by atoms with Crippen LogP contribution in [0.1, 0.15) is 22.8 Å². The van der Waals surface area contributed by atoms with E-state index in [0.29, 0.717) is 22.5 Å². The van der Waals surface area contributed by atoms with Crippen LogP contribution in [-0.4, -0.2) is 15.6 Å². The zero-order valence-electron chi connectivity index (χ0n) is 10.0. The number of carbonyl (C=O) groups is 1. The zero-order chi connectivity index (χ0) is 13.4. The summed E-state index contributed by atoms with van der Waals surface area (Å²) in [5.74, 6) is -1.19. The van der Waals surface area contributed by atoms with Crippen molar-refractivity contribution in [1.82, 2.24) is 4.57 Å². The molecule has 0 amide bonds. The number of fused-ring (bicyclic) bond motifs is 1. The Morgan fingerprint density at radius 1 is 1.44 bits per heavy atom. The normalized spacial score (nSPS) is 10.8. The Labute approximate surface area is 108 Å². The second-order valence-electron chi connectivity index (χ2n) is 4.04. The first-order chi connectivity index (χ1) is 8.47. The third-order valence-corrected chi connectivity index (χ3v) is 3.27. The summed E-state index contributed by atoms with van der Waals surface area (Å²) in [5, 5.41) is 10.4. The molecule has 0 saturated carbocycles. The van der Waals surface area contributed by atoms with Gasteiger partial charge in [0, 0.05) is 17.5 Å². The Morgan fingerprint density at radius 3 is 2.67 bits per heavy atom. The van der Waals surface area contributed by atoms with Gasteiger partial charge in [-0.05, 0) is 24.1 Å².